The third-order valence-corrected chi connectivity index (χ3v) is 5.04. The molecule has 0 aliphatic carbocycles. The molecule has 0 spiro atoms. The van der Waals surface area contributed by atoms with Crippen LogP contribution in [0.1, 0.15) is 35.8 Å². The maximum atomic E-state index is 13.3. The number of amides is 1. The summed E-state index contributed by atoms with van der Waals surface area (Å²) in [5, 5.41) is 10.00. The van der Waals surface area contributed by atoms with Gasteiger partial charge in [0, 0.05) is 17.1 Å². The molecule has 1 aliphatic heterocycles. The lowest BCUT2D eigenvalue weighted by molar-refractivity contribution is -0.141. The predicted molar refractivity (Wildman–Crippen MR) is 103 cm³/mol. The van der Waals surface area contributed by atoms with Gasteiger partial charge in [-0.3, -0.25) is 19.5 Å². The fraction of sp³-hybridized carbons (Fsp3) is 0.300. The summed E-state index contributed by atoms with van der Waals surface area (Å²) in [6, 6.07) is 8.56. The van der Waals surface area contributed by atoms with Crippen molar-refractivity contribution in [1.29, 1.82) is 0 Å². The minimum Gasteiger partial charge on any atom is -0.481 e. The van der Waals surface area contributed by atoms with Crippen LogP contribution < -0.4 is 4.90 Å². The molecule has 0 fully saturated rings. The Balaban J connectivity index is 2.19. The van der Waals surface area contributed by atoms with Crippen LogP contribution >= 0.6 is 11.6 Å². The molecule has 0 bridgehead atoms. The lowest BCUT2D eigenvalue weighted by atomic mass is 9.81. The van der Waals surface area contributed by atoms with Crippen molar-refractivity contribution < 1.29 is 24.2 Å². The highest BCUT2D eigenvalue weighted by Gasteiger charge is 2.50. The van der Waals surface area contributed by atoms with E-state index in [0.717, 1.165) is 0 Å². The van der Waals surface area contributed by atoms with Gasteiger partial charge in [0.2, 0.25) is 5.78 Å². The number of nitrogens with zero attached hydrogens (tertiary/aromatic N) is 2. The van der Waals surface area contributed by atoms with E-state index in [0.29, 0.717) is 16.3 Å². The number of carbonyl (C=O) groups excluding carboxylic acids is 2. The Morgan fingerprint density at radius 2 is 2.04 bits per heavy atom. The van der Waals surface area contributed by atoms with Crippen molar-refractivity contribution in [3.63, 3.8) is 0 Å². The first-order valence-electron chi connectivity index (χ1n) is 8.80. The van der Waals surface area contributed by atoms with Crippen LogP contribution in [0.4, 0.5) is 10.5 Å². The van der Waals surface area contributed by atoms with Crippen LogP contribution in [0.25, 0.3) is 0 Å². The Kier molecular flexibility index (Phi) is 5.65. The Labute approximate surface area is 166 Å². The standard InChI is InChI=1S/C20H19ClN2O5/c1-3-28-20(27)23-15-10-12(21)7-8-13(15)16(11(2)19(25)26)17(23)18(24)14-6-4-5-9-22-14/h4-11,16-17H,3H2,1-2H3,(H,25,26). The van der Waals surface area contributed by atoms with E-state index in [1.165, 1.54) is 24.1 Å². The number of carboxylic acids is 1. The van der Waals surface area contributed by atoms with Crippen molar-refractivity contribution in [2.75, 3.05) is 11.5 Å². The van der Waals surface area contributed by atoms with Gasteiger partial charge in [0.1, 0.15) is 11.7 Å². The molecule has 1 aromatic carbocycles. The van der Waals surface area contributed by atoms with Crippen LogP contribution in [0.3, 0.4) is 0 Å². The molecule has 3 unspecified atom stereocenters. The van der Waals surface area contributed by atoms with E-state index in [-0.39, 0.29) is 12.3 Å². The van der Waals surface area contributed by atoms with Gasteiger partial charge in [0.05, 0.1) is 18.2 Å². The van der Waals surface area contributed by atoms with Crippen LogP contribution in [-0.4, -0.2) is 40.6 Å². The molecule has 1 amide bonds. The second-order valence-electron chi connectivity index (χ2n) is 6.45. The smallest absolute Gasteiger partial charge is 0.414 e. The number of carbonyl (C=O) groups is 3. The monoisotopic (exact) mass is 402 g/mol. The zero-order chi connectivity index (χ0) is 20.4. The molecule has 0 saturated carbocycles. The first kappa shape index (κ1) is 19.8. The molecule has 28 heavy (non-hydrogen) atoms. The van der Waals surface area contributed by atoms with Crippen LogP contribution in [0.5, 0.6) is 0 Å². The van der Waals surface area contributed by atoms with Gasteiger partial charge >= 0.3 is 12.1 Å². The second kappa shape index (κ2) is 7.98. The number of carboxylic acid groups (broad SMARTS) is 1. The number of ether oxygens (including phenoxy) is 1. The number of pyridine rings is 1. The number of Topliss-reactive ketones (excluding diaryl/α,β-unsaturated/α-hetero) is 1. The molecule has 2 heterocycles. The molecule has 8 heteroatoms. The first-order chi connectivity index (χ1) is 13.4. The maximum Gasteiger partial charge on any atom is 0.414 e. The fourth-order valence-corrected chi connectivity index (χ4v) is 3.70. The number of aliphatic carboxylic acids is 1. The van der Waals surface area contributed by atoms with Crippen molar-refractivity contribution >= 4 is 35.1 Å². The fourth-order valence-electron chi connectivity index (χ4n) is 3.53. The van der Waals surface area contributed by atoms with Crippen LogP contribution in [0, 0.1) is 5.92 Å². The number of fused-ring (bicyclic) bond motifs is 1. The average Bonchev–Trinajstić information content (AvgIpc) is 3.01. The summed E-state index contributed by atoms with van der Waals surface area (Å²) in [6.45, 7) is 3.27. The Hall–Kier alpha value is -2.93. The van der Waals surface area contributed by atoms with Crippen molar-refractivity contribution in [3.05, 3.63) is 58.9 Å². The summed E-state index contributed by atoms with van der Waals surface area (Å²) >= 11 is 6.11. The minimum atomic E-state index is -1.10. The normalized spacial score (nSPS) is 19.0. The molecule has 1 aromatic heterocycles. The highest BCUT2D eigenvalue weighted by molar-refractivity contribution is 6.31. The number of hydrogen-bond donors (Lipinski definition) is 1. The highest BCUT2D eigenvalue weighted by Crippen LogP contribution is 2.47. The van der Waals surface area contributed by atoms with E-state index in [4.69, 9.17) is 16.3 Å². The second-order valence-corrected chi connectivity index (χ2v) is 6.89. The van der Waals surface area contributed by atoms with Gasteiger partial charge in [0.25, 0.3) is 0 Å². The molecule has 0 saturated heterocycles. The average molecular weight is 403 g/mol. The molecule has 146 valence electrons. The van der Waals surface area contributed by atoms with Crippen molar-refractivity contribution in [2.45, 2.75) is 25.8 Å². The van der Waals surface area contributed by atoms with Gasteiger partial charge in [-0.1, -0.05) is 30.7 Å². The SMILES string of the molecule is CCOC(=O)N1c2cc(Cl)ccc2C(C(C)C(=O)O)C1C(=O)c1ccccn1. The van der Waals surface area contributed by atoms with Gasteiger partial charge in [0.15, 0.2) is 0 Å². The summed E-state index contributed by atoms with van der Waals surface area (Å²) < 4.78 is 5.15. The van der Waals surface area contributed by atoms with Crippen LogP contribution in [-0.2, 0) is 9.53 Å². The first-order valence-corrected chi connectivity index (χ1v) is 9.18. The Morgan fingerprint density at radius 3 is 2.64 bits per heavy atom. The zero-order valence-electron chi connectivity index (χ0n) is 15.3. The minimum absolute atomic E-state index is 0.106. The molecule has 3 atom stereocenters. The molecule has 7 nitrogen and oxygen atoms in total. The van der Waals surface area contributed by atoms with E-state index in [9.17, 15) is 19.5 Å². The summed E-state index contributed by atoms with van der Waals surface area (Å²) in [5.41, 5.74) is 1.07. The van der Waals surface area contributed by atoms with Crippen molar-refractivity contribution in [1.82, 2.24) is 4.98 Å². The van der Waals surface area contributed by atoms with E-state index < -0.39 is 35.7 Å². The number of halogens is 1. The lowest BCUT2D eigenvalue weighted by Gasteiger charge is -2.28. The number of aromatic nitrogens is 1. The largest absolute Gasteiger partial charge is 0.481 e. The predicted octanol–water partition coefficient (Wildman–Crippen LogP) is 3.77. The van der Waals surface area contributed by atoms with E-state index in [1.807, 2.05) is 0 Å². The third kappa shape index (κ3) is 3.45. The molecule has 2 aromatic rings. The summed E-state index contributed by atoms with van der Waals surface area (Å²) in [6.07, 6.45) is 0.733. The molecular weight excluding hydrogens is 384 g/mol. The number of ketones is 1. The van der Waals surface area contributed by atoms with Crippen LogP contribution in [0.2, 0.25) is 5.02 Å². The number of rotatable bonds is 5. The molecule has 1 aliphatic rings. The highest BCUT2D eigenvalue weighted by atomic mass is 35.5. The van der Waals surface area contributed by atoms with Crippen LogP contribution in [0.15, 0.2) is 42.6 Å². The lowest BCUT2D eigenvalue weighted by Crippen LogP contribution is -2.47. The van der Waals surface area contributed by atoms with E-state index >= 15 is 0 Å². The van der Waals surface area contributed by atoms with Gasteiger partial charge in [-0.25, -0.2) is 4.79 Å². The summed E-state index contributed by atoms with van der Waals surface area (Å²) in [7, 11) is 0. The van der Waals surface area contributed by atoms with Crippen molar-refractivity contribution in [3.8, 4) is 0 Å². The van der Waals surface area contributed by atoms with Gasteiger partial charge in [-0.05, 0) is 36.8 Å². The quantitative estimate of drug-likeness (QED) is 0.764. The molecule has 3 rings (SSSR count). The van der Waals surface area contributed by atoms with E-state index in [2.05, 4.69) is 4.98 Å². The molecule has 1 N–H and O–H groups in total. The maximum absolute atomic E-state index is 13.3. The topological polar surface area (TPSA) is 96.8 Å². The molecular formula is C20H19ClN2O5. The third-order valence-electron chi connectivity index (χ3n) is 4.81. The number of hydrogen-bond acceptors (Lipinski definition) is 5. The van der Waals surface area contributed by atoms with Gasteiger partial charge in [-0.2, -0.15) is 0 Å². The van der Waals surface area contributed by atoms with Crippen molar-refractivity contribution in [2.24, 2.45) is 5.92 Å². The van der Waals surface area contributed by atoms with Gasteiger partial charge < -0.3 is 9.84 Å². The number of benzene rings is 1. The Bertz CT molecular complexity index is 918. The zero-order valence-corrected chi connectivity index (χ0v) is 16.1. The summed E-state index contributed by atoms with van der Waals surface area (Å²) in [5.74, 6) is -3.24. The Morgan fingerprint density at radius 1 is 1.29 bits per heavy atom. The summed E-state index contributed by atoms with van der Waals surface area (Å²) in [4.78, 5) is 43.1. The molecule has 0 radical (unpaired) electrons. The van der Waals surface area contributed by atoms with E-state index in [1.54, 1.807) is 37.3 Å². The number of anilines is 1. The van der Waals surface area contributed by atoms with Gasteiger partial charge in [-0.15, -0.1) is 0 Å².